The van der Waals surface area contributed by atoms with E-state index in [1.807, 2.05) is 114 Å². The fraction of sp³-hybridized carbons (Fsp3) is 0.238. The summed E-state index contributed by atoms with van der Waals surface area (Å²) in [5.74, 6) is 12.8. The van der Waals surface area contributed by atoms with Crippen molar-refractivity contribution in [2.24, 2.45) is 0 Å². The number of hydrogen-bond donors (Lipinski definition) is 2. The molecule has 4 heterocycles. The van der Waals surface area contributed by atoms with Crippen LogP contribution < -0.4 is 10.6 Å². The normalized spacial score (nSPS) is 14.1. The summed E-state index contributed by atoms with van der Waals surface area (Å²) in [5.41, 5.74) is 14.7. The van der Waals surface area contributed by atoms with Crippen LogP contribution in [0.4, 0.5) is 10.3 Å². The van der Waals surface area contributed by atoms with E-state index in [4.69, 9.17) is 0 Å². The monoisotopic (exact) mass is 1030 g/mol. The first kappa shape index (κ1) is 52.3. The van der Waals surface area contributed by atoms with Gasteiger partial charge in [0.2, 0.25) is 0 Å². The fourth-order valence-corrected chi connectivity index (χ4v) is 10.0. The number of benzene rings is 6. The predicted octanol–water partition coefficient (Wildman–Crippen LogP) is 11.3. The van der Waals surface area contributed by atoms with Crippen molar-refractivity contribution in [3.8, 4) is 46.2 Å². The molecule has 2 aromatic heterocycles. The van der Waals surface area contributed by atoms with Crippen LogP contribution in [0.2, 0.25) is 0 Å². The quantitative estimate of drug-likeness (QED) is 0.131. The van der Waals surface area contributed by atoms with Gasteiger partial charge in [-0.25, -0.2) is 9.97 Å². The van der Waals surface area contributed by atoms with Crippen molar-refractivity contribution in [2.75, 3.05) is 77.1 Å². The average molecular weight is 1030 g/mol. The number of carbonyl (C=O) groups is 2. The van der Waals surface area contributed by atoms with E-state index in [1.54, 1.807) is 0 Å². The Balaban J connectivity index is 0.000000184. The third kappa shape index (κ3) is 14.8. The van der Waals surface area contributed by atoms with Crippen LogP contribution in [-0.4, -0.2) is 108 Å². The lowest BCUT2D eigenvalue weighted by molar-refractivity contribution is 0.101. The van der Waals surface area contributed by atoms with Crippen LogP contribution in [0.5, 0.6) is 0 Å². The highest BCUT2D eigenvalue weighted by Crippen LogP contribution is 2.29. The molecule has 10 nitrogen and oxygen atoms in total. The van der Waals surface area contributed by atoms with Crippen LogP contribution in [0.15, 0.2) is 150 Å². The van der Waals surface area contributed by atoms with Crippen LogP contribution in [0, 0.1) is 44.5 Å². The number of thiazole rings is 2. The highest BCUT2D eigenvalue weighted by Gasteiger charge is 2.17. The molecule has 2 fully saturated rings. The first-order chi connectivity index (χ1) is 36.5. The third-order valence-corrected chi connectivity index (χ3v) is 15.0. The molecule has 2 aliphatic heterocycles. The maximum Gasteiger partial charge on any atom is 0.257 e. The van der Waals surface area contributed by atoms with E-state index in [9.17, 15) is 9.59 Å². The van der Waals surface area contributed by atoms with Crippen molar-refractivity contribution in [1.82, 2.24) is 29.6 Å². The van der Waals surface area contributed by atoms with E-state index in [0.717, 1.165) is 121 Å². The molecule has 6 aromatic carbocycles. The van der Waals surface area contributed by atoms with Crippen molar-refractivity contribution in [3.63, 3.8) is 0 Å². The summed E-state index contributed by atoms with van der Waals surface area (Å²) in [6.45, 7) is 16.7. The van der Waals surface area contributed by atoms with Gasteiger partial charge < -0.3 is 9.80 Å². The molecule has 2 N–H and O–H groups in total. The molecule has 12 heteroatoms. The topological polar surface area (TPSA) is 96.9 Å². The van der Waals surface area contributed by atoms with E-state index in [1.165, 1.54) is 39.4 Å². The number of rotatable bonds is 10. The van der Waals surface area contributed by atoms with E-state index >= 15 is 0 Å². The Morgan fingerprint density at radius 3 is 1.33 bits per heavy atom. The Morgan fingerprint density at radius 2 is 0.907 bits per heavy atom. The minimum atomic E-state index is -0.148. The lowest BCUT2D eigenvalue weighted by Gasteiger charge is -2.32. The average Bonchev–Trinajstić information content (AvgIpc) is 4.11. The molecular formula is C63H62N8O2S2. The standard InChI is InChI=1S/C32H32N4OS.C31H30N4OS/c1-23-4-7-25(8-5-23)9-15-28-20-29(12-6-24(28)2)30-22-38-32(33-30)34-31(37)27-13-10-26(11-14-27)21-36-18-16-35(3)17-19-36;1-23-8-12-28(20-27(23)15-9-24-6-4-3-5-7-24)29-22-37-31(32-29)33-30(36)26-13-10-25(11-14-26)21-35-18-16-34(2)17-19-35/h4-8,10-14,20,22H,16-19,21H2,1-3H3,(H,33,34,37);3-8,10-14,20,22H,16-19,21H2,1-2H3,(H,32,33,36). The second-order valence-electron chi connectivity index (χ2n) is 19.3. The number of hydrogen-bond acceptors (Lipinski definition) is 10. The van der Waals surface area contributed by atoms with Crippen molar-refractivity contribution >= 4 is 44.8 Å². The van der Waals surface area contributed by atoms with Crippen molar-refractivity contribution < 1.29 is 9.59 Å². The molecule has 0 bridgehead atoms. The molecule has 0 unspecified atom stereocenters. The molecule has 378 valence electrons. The number of likely N-dealkylation sites (N-methyl/N-ethyl adjacent to an activating group) is 2. The molecule has 8 aromatic rings. The predicted molar refractivity (Wildman–Crippen MR) is 308 cm³/mol. The molecule has 0 spiro atoms. The highest BCUT2D eigenvalue weighted by molar-refractivity contribution is 7.14. The van der Waals surface area contributed by atoms with Gasteiger partial charge in [-0.15, -0.1) is 22.7 Å². The Labute approximate surface area is 450 Å². The number of piperazine rings is 2. The maximum atomic E-state index is 12.9. The highest BCUT2D eigenvalue weighted by atomic mass is 32.1. The SMILES string of the molecule is Cc1ccc(-c2csc(NC(=O)c3ccc(CN4CCN(C)CC4)cc3)n2)cc1C#Cc1ccccc1.Cc1ccc(C#Cc2cc(-c3csc(NC(=O)c4ccc(CN5CCN(C)CC5)cc4)n3)ccc2C)cc1. The van der Waals surface area contributed by atoms with Crippen LogP contribution >= 0.6 is 22.7 Å². The van der Waals surface area contributed by atoms with Crippen LogP contribution in [0.1, 0.15) is 70.8 Å². The van der Waals surface area contributed by atoms with Gasteiger partial charge in [0.25, 0.3) is 11.8 Å². The first-order valence-electron chi connectivity index (χ1n) is 25.4. The van der Waals surface area contributed by atoms with Gasteiger partial charge in [-0.3, -0.25) is 30.0 Å². The fourth-order valence-electron chi connectivity index (χ4n) is 8.59. The van der Waals surface area contributed by atoms with Gasteiger partial charge in [0, 0.05) is 121 Å². The lowest BCUT2D eigenvalue weighted by atomic mass is 10.0. The van der Waals surface area contributed by atoms with Gasteiger partial charge in [0.15, 0.2) is 10.3 Å². The van der Waals surface area contributed by atoms with Crippen molar-refractivity contribution in [2.45, 2.75) is 33.9 Å². The minimum Gasteiger partial charge on any atom is -0.304 e. The van der Waals surface area contributed by atoms with Gasteiger partial charge >= 0.3 is 0 Å². The molecule has 10 rings (SSSR count). The molecule has 0 saturated carbocycles. The van der Waals surface area contributed by atoms with Gasteiger partial charge in [0.1, 0.15) is 0 Å². The summed E-state index contributed by atoms with van der Waals surface area (Å²) in [5, 5.41) is 11.0. The second kappa shape index (κ2) is 25.1. The smallest absolute Gasteiger partial charge is 0.257 e. The van der Waals surface area contributed by atoms with Crippen LogP contribution in [0.25, 0.3) is 22.5 Å². The number of nitrogens with zero attached hydrogens (tertiary/aromatic N) is 6. The molecule has 0 aliphatic carbocycles. The second-order valence-corrected chi connectivity index (χ2v) is 21.0. The molecule has 0 atom stereocenters. The van der Waals surface area contributed by atoms with Gasteiger partial charge in [-0.05, 0) is 118 Å². The third-order valence-electron chi connectivity index (χ3n) is 13.5. The zero-order valence-corrected chi connectivity index (χ0v) is 45.0. The van der Waals surface area contributed by atoms with Crippen molar-refractivity contribution in [3.05, 3.63) is 211 Å². The Kier molecular flexibility index (Phi) is 17.5. The first-order valence-corrected chi connectivity index (χ1v) is 27.1. The van der Waals surface area contributed by atoms with Crippen molar-refractivity contribution in [1.29, 1.82) is 0 Å². The minimum absolute atomic E-state index is 0.148. The molecule has 75 heavy (non-hydrogen) atoms. The summed E-state index contributed by atoms with van der Waals surface area (Å²) in [7, 11) is 4.33. The molecule has 2 amide bonds. The number of nitrogens with one attached hydrogen (secondary N) is 2. The van der Waals surface area contributed by atoms with Crippen LogP contribution in [-0.2, 0) is 13.1 Å². The van der Waals surface area contributed by atoms with E-state index in [2.05, 4.69) is 135 Å². The summed E-state index contributed by atoms with van der Waals surface area (Å²) in [4.78, 5) is 44.6. The molecular weight excluding hydrogens is 965 g/mol. The van der Waals surface area contributed by atoms with Gasteiger partial charge in [-0.1, -0.05) is 108 Å². The number of anilines is 2. The maximum absolute atomic E-state index is 12.9. The number of amides is 2. The van der Waals surface area contributed by atoms with Gasteiger partial charge in [-0.2, -0.15) is 0 Å². The molecule has 2 saturated heterocycles. The Bertz CT molecular complexity index is 3350. The Hall–Kier alpha value is -7.52. The summed E-state index contributed by atoms with van der Waals surface area (Å²) < 4.78 is 0. The lowest BCUT2D eigenvalue weighted by Crippen LogP contribution is -2.43. The number of aryl methyl sites for hydroxylation is 3. The van der Waals surface area contributed by atoms with E-state index < -0.39 is 0 Å². The van der Waals surface area contributed by atoms with E-state index in [-0.39, 0.29) is 11.8 Å². The summed E-state index contributed by atoms with van der Waals surface area (Å²) >= 11 is 2.85. The number of aromatic nitrogens is 2. The Morgan fingerprint density at radius 1 is 0.493 bits per heavy atom. The zero-order chi connectivity index (χ0) is 52.1. The van der Waals surface area contributed by atoms with E-state index in [0.29, 0.717) is 21.4 Å². The zero-order valence-electron chi connectivity index (χ0n) is 43.3. The molecule has 0 radical (unpaired) electrons. The summed E-state index contributed by atoms with van der Waals surface area (Å²) in [6.07, 6.45) is 0. The van der Waals surface area contributed by atoms with Gasteiger partial charge in [0.05, 0.1) is 11.4 Å². The largest absolute Gasteiger partial charge is 0.304 e. The summed E-state index contributed by atoms with van der Waals surface area (Å²) in [6, 6.07) is 46.3. The van der Waals surface area contributed by atoms with Crippen LogP contribution in [0.3, 0.4) is 0 Å². The molecule has 2 aliphatic rings. The number of carbonyl (C=O) groups excluding carboxylic acids is 2.